The van der Waals surface area contributed by atoms with Crippen LogP contribution in [0.4, 0.5) is 5.69 Å². The zero-order valence-electron chi connectivity index (χ0n) is 14.3. The molecule has 1 amide bonds. The van der Waals surface area contributed by atoms with E-state index in [4.69, 9.17) is 11.6 Å². The van der Waals surface area contributed by atoms with Crippen LogP contribution in [0.25, 0.3) is 0 Å². The molecule has 0 saturated heterocycles. The lowest BCUT2D eigenvalue weighted by atomic mass is 10.0. The maximum atomic E-state index is 12.5. The van der Waals surface area contributed by atoms with Gasteiger partial charge >= 0.3 is 0 Å². The first-order chi connectivity index (χ1) is 11.7. The van der Waals surface area contributed by atoms with Crippen molar-refractivity contribution in [1.29, 1.82) is 0 Å². The summed E-state index contributed by atoms with van der Waals surface area (Å²) >= 11 is 5.79. The summed E-state index contributed by atoms with van der Waals surface area (Å²) in [4.78, 5) is 12.6. The molecule has 0 aliphatic rings. The van der Waals surface area contributed by atoms with Crippen LogP contribution in [0.1, 0.15) is 19.4 Å². The zero-order valence-corrected chi connectivity index (χ0v) is 15.9. The van der Waals surface area contributed by atoms with Gasteiger partial charge < -0.3 is 5.32 Å². The van der Waals surface area contributed by atoms with Crippen molar-refractivity contribution in [1.82, 2.24) is 4.72 Å². The molecule has 2 aromatic rings. The number of amides is 1. The average molecular weight is 381 g/mol. The van der Waals surface area contributed by atoms with Crippen LogP contribution in [0.2, 0.25) is 5.02 Å². The summed E-state index contributed by atoms with van der Waals surface area (Å²) in [5.41, 5.74) is 1.69. The van der Waals surface area contributed by atoms with Crippen LogP contribution < -0.4 is 10.0 Å². The summed E-state index contributed by atoms with van der Waals surface area (Å²) in [6, 6.07) is 12.2. The van der Waals surface area contributed by atoms with Gasteiger partial charge in [0.25, 0.3) is 0 Å². The van der Waals surface area contributed by atoms with E-state index in [0.29, 0.717) is 10.7 Å². The van der Waals surface area contributed by atoms with Crippen LogP contribution in [0.5, 0.6) is 0 Å². The lowest BCUT2D eigenvalue weighted by Gasteiger charge is -2.21. The van der Waals surface area contributed by atoms with Gasteiger partial charge in [0.2, 0.25) is 15.9 Å². The Labute approximate surface area is 153 Å². The molecule has 0 heterocycles. The van der Waals surface area contributed by atoms with Gasteiger partial charge in [-0.25, -0.2) is 8.42 Å². The summed E-state index contributed by atoms with van der Waals surface area (Å²) in [6.07, 6.45) is 0. The standard InChI is InChI=1S/C18H21ClN2O3S/c1-12(2)17(18(22)20-15-8-4-13(3)5-9-15)21-25(23,24)16-10-6-14(19)7-11-16/h4-12,17,21H,1-3H3,(H,20,22). The number of anilines is 1. The first kappa shape index (κ1) is 19.4. The SMILES string of the molecule is Cc1ccc(NC(=O)C(NS(=O)(=O)c2ccc(Cl)cc2)C(C)C)cc1. The summed E-state index contributed by atoms with van der Waals surface area (Å²) < 4.78 is 27.5. The van der Waals surface area contributed by atoms with Crippen molar-refractivity contribution in [3.05, 3.63) is 59.1 Å². The van der Waals surface area contributed by atoms with Crippen molar-refractivity contribution in [3.8, 4) is 0 Å². The van der Waals surface area contributed by atoms with Gasteiger partial charge in [-0.15, -0.1) is 0 Å². The molecule has 0 aromatic heterocycles. The summed E-state index contributed by atoms with van der Waals surface area (Å²) in [6.45, 7) is 5.51. The number of benzene rings is 2. The predicted octanol–water partition coefficient (Wildman–Crippen LogP) is 3.59. The van der Waals surface area contributed by atoms with E-state index < -0.39 is 22.0 Å². The monoisotopic (exact) mass is 380 g/mol. The Morgan fingerprint density at radius 1 is 1.00 bits per heavy atom. The molecule has 1 atom stereocenters. The highest BCUT2D eigenvalue weighted by Gasteiger charge is 2.28. The van der Waals surface area contributed by atoms with Crippen molar-refractivity contribution in [2.75, 3.05) is 5.32 Å². The van der Waals surface area contributed by atoms with E-state index in [2.05, 4.69) is 10.0 Å². The smallest absolute Gasteiger partial charge is 0.242 e. The summed E-state index contributed by atoms with van der Waals surface area (Å²) in [5.74, 6) is -0.635. The second-order valence-corrected chi connectivity index (χ2v) is 8.30. The minimum atomic E-state index is -3.83. The Morgan fingerprint density at radius 3 is 2.08 bits per heavy atom. The van der Waals surface area contributed by atoms with Crippen molar-refractivity contribution in [2.45, 2.75) is 31.7 Å². The van der Waals surface area contributed by atoms with E-state index in [1.807, 2.05) is 19.1 Å². The number of carbonyl (C=O) groups excluding carboxylic acids is 1. The number of aryl methyl sites for hydroxylation is 1. The Kier molecular flexibility index (Phi) is 6.21. The molecular formula is C18H21ClN2O3S. The van der Waals surface area contributed by atoms with E-state index in [1.165, 1.54) is 24.3 Å². The van der Waals surface area contributed by atoms with Gasteiger partial charge in [-0.2, -0.15) is 4.72 Å². The van der Waals surface area contributed by atoms with Crippen LogP contribution in [-0.4, -0.2) is 20.4 Å². The van der Waals surface area contributed by atoms with Crippen molar-refractivity contribution in [3.63, 3.8) is 0 Å². The quantitative estimate of drug-likeness (QED) is 0.804. The number of carbonyl (C=O) groups is 1. The van der Waals surface area contributed by atoms with Crippen molar-refractivity contribution < 1.29 is 13.2 Å². The minimum Gasteiger partial charge on any atom is -0.325 e. The molecule has 0 spiro atoms. The number of nitrogens with one attached hydrogen (secondary N) is 2. The maximum absolute atomic E-state index is 12.5. The van der Waals surface area contributed by atoms with Crippen LogP contribution in [0.15, 0.2) is 53.4 Å². The summed E-state index contributed by atoms with van der Waals surface area (Å²) in [5, 5.41) is 3.19. The first-order valence-electron chi connectivity index (χ1n) is 7.84. The van der Waals surface area contributed by atoms with Gasteiger partial charge in [0, 0.05) is 10.7 Å². The van der Waals surface area contributed by atoms with Crippen molar-refractivity contribution >= 4 is 33.2 Å². The fourth-order valence-electron chi connectivity index (χ4n) is 2.20. The first-order valence-corrected chi connectivity index (χ1v) is 9.70. The van der Waals surface area contributed by atoms with Gasteiger partial charge in [0.05, 0.1) is 4.90 Å². The van der Waals surface area contributed by atoms with E-state index in [-0.39, 0.29) is 10.8 Å². The van der Waals surface area contributed by atoms with E-state index >= 15 is 0 Å². The van der Waals surface area contributed by atoms with Gasteiger partial charge in [-0.05, 0) is 49.2 Å². The van der Waals surface area contributed by atoms with Crippen LogP contribution in [0, 0.1) is 12.8 Å². The number of hydrogen-bond donors (Lipinski definition) is 2. The second kappa shape index (κ2) is 7.99. The Balaban J connectivity index is 2.18. The molecule has 0 aliphatic carbocycles. The van der Waals surface area contributed by atoms with Crippen LogP contribution in [0.3, 0.4) is 0 Å². The predicted molar refractivity (Wildman–Crippen MR) is 100 cm³/mol. The molecule has 7 heteroatoms. The molecule has 0 bridgehead atoms. The van der Waals surface area contributed by atoms with Gasteiger partial charge in [-0.1, -0.05) is 43.1 Å². The van der Waals surface area contributed by atoms with Gasteiger partial charge in [0.1, 0.15) is 6.04 Å². The van der Waals surface area contributed by atoms with Gasteiger partial charge in [-0.3, -0.25) is 4.79 Å². The third-order valence-corrected chi connectivity index (χ3v) is 5.38. The second-order valence-electron chi connectivity index (χ2n) is 6.15. The molecule has 0 radical (unpaired) electrons. The fraction of sp³-hybridized carbons (Fsp3) is 0.278. The van der Waals surface area contributed by atoms with Crippen molar-refractivity contribution in [2.24, 2.45) is 5.92 Å². The average Bonchev–Trinajstić information content (AvgIpc) is 2.55. The van der Waals surface area contributed by atoms with Crippen LogP contribution in [-0.2, 0) is 14.8 Å². The molecule has 25 heavy (non-hydrogen) atoms. The molecule has 2 aromatic carbocycles. The number of sulfonamides is 1. The third kappa shape index (κ3) is 5.29. The van der Waals surface area contributed by atoms with Gasteiger partial charge in [0.15, 0.2) is 0 Å². The molecule has 5 nitrogen and oxygen atoms in total. The van der Waals surface area contributed by atoms with E-state index in [1.54, 1.807) is 26.0 Å². The molecule has 1 unspecified atom stereocenters. The lowest BCUT2D eigenvalue weighted by molar-refractivity contribution is -0.118. The highest BCUT2D eigenvalue weighted by atomic mass is 35.5. The Hall–Kier alpha value is -1.89. The fourth-order valence-corrected chi connectivity index (χ4v) is 3.67. The zero-order chi connectivity index (χ0) is 18.6. The normalized spacial score (nSPS) is 12.8. The topological polar surface area (TPSA) is 75.3 Å². The lowest BCUT2D eigenvalue weighted by Crippen LogP contribution is -2.47. The largest absolute Gasteiger partial charge is 0.325 e. The minimum absolute atomic E-state index is 0.0608. The Bertz CT molecular complexity index is 832. The molecule has 0 saturated carbocycles. The Morgan fingerprint density at radius 2 is 1.56 bits per heavy atom. The van der Waals surface area contributed by atoms with E-state index in [9.17, 15) is 13.2 Å². The molecule has 2 N–H and O–H groups in total. The summed E-state index contributed by atoms with van der Waals surface area (Å²) in [7, 11) is -3.83. The maximum Gasteiger partial charge on any atom is 0.242 e. The number of halogens is 1. The molecule has 2 rings (SSSR count). The highest BCUT2D eigenvalue weighted by Crippen LogP contribution is 2.17. The molecule has 0 aliphatic heterocycles. The van der Waals surface area contributed by atoms with E-state index in [0.717, 1.165) is 5.56 Å². The molecule has 134 valence electrons. The molecular weight excluding hydrogens is 360 g/mol. The third-order valence-electron chi connectivity index (χ3n) is 3.67. The van der Waals surface area contributed by atoms with Crippen LogP contribution >= 0.6 is 11.6 Å². The molecule has 0 fully saturated rings. The number of hydrogen-bond acceptors (Lipinski definition) is 3. The number of rotatable bonds is 6. The highest BCUT2D eigenvalue weighted by molar-refractivity contribution is 7.89.